The Bertz CT molecular complexity index is 284. The van der Waals surface area contributed by atoms with Gasteiger partial charge in [-0.3, -0.25) is 0 Å². The highest BCUT2D eigenvalue weighted by atomic mass is 16.5. The quantitative estimate of drug-likeness (QED) is 0.819. The number of hydrogen-bond donors (Lipinski definition) is 1. The van der Waals surface area contributed by atoms with Crippen LogP contribution < -0.4 is 0 Å². The zero-order chi connectivity index (χ0) is 10.5. The Hall–Kier alpha value is -0.860. The molecule has 0 spiro atoms. The fourth-order valence-corrected chi connectivity index (χ4v) is 2.12. The fraction of sp³-hybridized carbons (Fsp3) is 0.538. The maximum absolute atomic E-state index is 9.36. The smallest absolute Gasteiger partial charge is 0.0717 e. The molecule has 1 aliphatic rings. The lowest BCUT2D eigenvalue weighted by atomic mass is 10.1. The van der Waals surface area contributed by atoms with E-state index in [4.69, 9.17) is 4.74 Å². The molecule has 0 aliphatic heterocycles. The standard InChI is InChI=1S/C13H18O2/c14-13-7-6-12(8-13)10-15-9-11-4-2-1-3-5-11/h1-5,12-14H,6-10H2/t12-,13-/m0/s1. The first-order valence-corrected chi connectivity index (χ1v) is 5.64. The number of aliphatic hydroxyl groups excluding tert-OH is 1. The summed E-state index contributed by atoms with van der Waals surface area (Å²) in [7, 11) is 0. The van der Waals surface area contributed by atoms with E-state index in [1.54, 1.807) is 0 Å². The molecule has 1 N–H and O–H groups in total. The van der Waals surface area contributed by atoms with Crippen molar-refractivity contribution >= 4 is 0 Å². The third-order valence-electron chi connectivity index (χ3n) is 2.98. The van der Waals surface area contributed by atoms with Crippen LogP contribution in [0.1, 0.15) is 24.8 Å². The third kappa shape index (κ3) is 3.33. The normalized spacial score (nSPS) is 25.7. The fourth-order valence-electron chi connectivity index (χ4n) is 2.12. The summed E-state index contributed by atoms with van der Waals surface area (Å²) in [4.78, 5) is 0. The monoisotopic (exact) mass is 206 g/mol. The SMILES string of the molecule is O[C@H]1CC[C@H](COCc2ccccc2)C1. The zero-order valence-electron chi connectivity index (χ0n) is 8.93. The van der Waals surface area contributed by atoms with Crippen LogP contribution in [0.4, 0.5) is 0 Å². The van der Waals surface area contributed by atoms with E-state index in [1.807, 2.05) is 18.2 Å². The second kappa shape index (κ2) is 5.29. The van der Waals surface area contributed by atoms with E-state index >= 15 is 0 Å². The van der Waals surface area contributed by atoms with Gasteiger partial charge in [-0.1, -0.05) is 30.3 Å². The molecule has 0 radical (unpaired) electrons. The van der Waals surface area contributed by atoms with Crippen molar-refractivity contribution in [3.63, 3.8) is 0 Å². The summed E-state index contributed by atoms with van der Waals surface area (Å²) in [5.74, 6) is 0.559. The molecule has 2 rings (SSSR count). The average molecular weight is 206 g/mol. The van der Waals surface area contributed by atoms with Gasteiger partial charge in [-0.25, -0.2) is 0 Å². The summed E-state index contributed by atoms with van der Waals surface area (Å²) in [6.07, 6.45) is 2.87. The molecule has 2 nitrogen and oxygen atoms in total. The van der Waals surface area contributed by atoms with Gasteiger partial charge in [-0.05, 0) is 30.7 Å². The Morgan fingerprint density at radius 3 is 2.67 bits per heavy atom. The van der Waals surface area contributed by atoms with Crippen molar-refractivity contribution in [1.29, 1.82) is 0 Å². The van der Waals surface area contributed by atoms with Crippen molar-refractivity contribution in [2.45, 2.75) is 32.0 Å². The largest absolute Gasteiger partial charge is 0.393 e. The van der Waals surface area contributed by atoms with Crippen LogP contribution in [0.25, 0.3) is 0 Å². The minimum absolute atomic E-state index is 0.0877. The van der Waals surface area contributed by atoms with E-state index in [-0.39, 0.29) is 6.10 Å². The van der Waals surface area contributed by atoms with Gasteiger partial charge >= 0.3 is 0 Å². The van der Waals surface area contributed by atoms with Crippen LogP contribution in [0.5, 0.6) is 0 Å². The summed E-state index contributed by atoms with van der Waals surface area (Å²) in [6.45, 7) is 1.47. The molecule has 15 heavy (non-hydrogen) atoms. The highest BCUT2D eigenvalue weighted by Gasteiger charge is 2.22. The molecule has 1 aliphatic carbocycles. The Morgan fingerprint density at radius 2 is 2.00 bits per heavy atom. The molecule has 2 atom stereocenters. The summed E-state index contributed by atoms with van der Waals surface area (Å²) >= 11 is 0. The highest BCUT2D eigenvalue weighted by molar-refractivity contribution is 5.13. The van der Waals surface area contributed by atoms with Crippen LogP contribution in [-0.4, -0.2) is 17.8 Å². The third-order valence-corrected chi connectivity index (χ3v) is 2.98. The molecule has 1 saturated carbocycles. The van der Waals surface area contributed by atoms with Crippen LogP contribution in [0.15, 0.2) is 30.3 Å². The zero-order valence-corrected chi connectivity index (χ0v) is 8.93. The molecule has 0 bridgehead atoms. The summed E-state index contributed by atoms with van der Waals surface area (Å²) in [5.41, 5.74) is 1.22. The topological polar surface area (TPSA) is 29.5 Å². The predicted octanol–water partition coefficient (Wildman–Crippen LogP) is 2.36. The molecule has 1 aromatic rings. The molecule has 0 amide bonds. The second-order valence-corrected chi connectivity index (χ2v) is 4.33. The lowest BCUT2D eigenvalue weighted by molar-refractivity contribution is 0.0822. The minimum Gasteiger partial charge on any atom is -0.393 e. The molecule has 0 unspecified atom stereocenters. The predicted molar refractivity (Wildman–Crippen MR) is 59.4 cm³/mol. The number of hydrogen-bond acceptors (Lipinski definition) is 2. The first kappa shape index (κ1) is 10.7. The molecule has 2 heteroatoms. The van der Waals surface area contributed by atoms with Crippen molar-refractivity contribution in [3.8, 4) is 0 Å². The van der Waals surface area contributed by atoms with Gasteiger partial charge in [0.25, 0.3) is 0 Å². The van der Waals surface area contributed by atoms with Crippen LogP contribution >= 0.6 is 0 Å². The van der Waals surface area contributed by atoms with Gasteiger partial charge in [-0.2, -0.15) is 0 Å². The van der Waals surface area contributed by atoms with E-state index < -0.39 is 0 Å². The summed E-state index contributed by atoms with van der Waals surface area (Å²) < 4.78 is 5.64. The molecule has 82 valence electrons. The van der Waals surface area contributed by atoms with E-state index in [2.05, 4.69) is 12.1 Å². The van der Waals surface area contributed by atoms with Crippen molar-refractivity contribution in [2.24, 2.45) is 5.92 Å². The molecule has 0 aromatic heterocycles. The molecule has 0 heterocycles. The number of benzene rings is 1. The van der Waals surface area contributed by atoms with Crippen molar-refractivity contribution in [3.05, 3.63) is 35.9 Å². The minimum atomic E-state index is -0.0877. The lowest BCUT2D eigenvalue weighted by Gasteiger charge is -2.09. The van der Waals surface area contributed by atoms with Gasteiger partial charge in [0.2, 0.25) is 0 Å². The second-order valence-electron chi connectivity index (χ2n) is 4.33. The van der Waals surface area contributed by atoms with Crippen molar-refractivity contribution in [1.82, 2.24) is 0 Å². The van der Waals surface area contributed by atoms with Gasteiger partial charge in [0.05, 0.1) is 12.7 Å². The summed E-state index contributed by atoms with van der Waals surface area (Å²) in [6, 6.07) is 10.2. The van der Waals surface area contributed by atoms with Crippen LogP contribution in [0.3, 0.4) is 0 Å². The molecule has 0 saturated heterocycles. The Kier molecular flexibility index (Phi) is 3.75. The maximum atomic E-state index is 9.36. The molecular weight excluding hydrogens is 188 g/mol. The van der Waals surface area contributed by atoms with Crippen LogP contribution in [-0.2, 0) is 11.3 Å². The number of ether oxygens (including phenoxy) is 1. The van der Waals surface area contributed by atoms with E-state index in [0.29, 0.717) is 12.5 Å². The molecule has 1 fully saturated rings. The summed E-state index contributed by atoms with van der Waals surface area (Å²) in [5, 5.41) is 9.36. The van der Waals surface area contributed by atoms with Gasteiger partial charge in [0.1, 0.15) is 0 Å². The Labute approximate surface area is 90.9 Å². The first-order valence-electron chi connectivity index (χ1n) is 5.64. The van der Waals surface area contributed by atoms with E-state index in [1.165, 1.54) is 5.56 Å². The number of aliphatic hydroxyl groups is 1. The highest BCUT2D eigenvalue weighted by Crippen LogP contribution is 2.25. The van der Waals surface area contributed by atoms with Crippen molar-refractivity contribution < 1.29 is 9.84 Å². The maximum Gasteiger partial charge on any atom is 0.0717 e. The Morgan fingerprint density at radius 1 is 1.20 bits per heavy atom. The lowest BCUT2D eigenvalue weighted by Crippen LogP contribution is -2.07. The van der Waals surface area contributed by atoms with Crippen molar-refractivity contribution in [2.75, 3.05) is 6.61 Å². The molecular formula is C13H18O2. The van der Waals surface area contributed by atoms with E-state index in [0.717, 1.165) is 25.9 Å². The first-order chi connectivity index (χ1) is 7.34. The number of rotatable bonds is 4. The average Bonchev–Trinajstić information content (AvgIpc) is 2.66. The van der Waals surface area contributed by atoms with Gasteiger partial charge < -0.3 is 9.84 Å². The van der Waals surface area contributed by atoms with E-state index in [9.17, 15) is 5.11 Å². The molecule has 1 aromatic carbocycles. The van der Waals surface area contributed by atoms with Gasteiger partial charge in [0, 0.05) is 6.61 Å². The Balaban J connectivity index is 1.67. The van der Waals surface area contributed by atoms with Crippen LogP contribution in [0, 0.1) is 5.92 Å². The van der Waals surface area contributed by atoms with Crippen LogP contribution in [0.2, 0.25) is 0 Å². The van der Waals surface area contributed by atoms with Gasteiger partial charge in [0.15, 0.2) is 0 Å². The van der Waals surface area contributed by atoms with Gasteiger partial charge in [-0.15, -0.1) is 0 Å².